The van der Waals surface area contributed by atoms with E-state index in [0.29, 0.717) is 19.0 Å². The maximum atomic E-state index is 11.6. The summed E-state index contributed by atoms with van der Waals surface area (Å²) in [5.74, 6) is 0.420. The number of rotatable bonds is 8. The molecule has 0 aliphatic heterocycles. The Morgan fingerprint density at radius 1 is 1.39 bits per heavy atom. The average Bonchev–Trinajstić information content (AvgIpc) is 2.80. The van der Waals surface area contributed by atoms with Crippen LogP contribution in [0.15, 0.2) is 4.42 Å². The van der Waals surface area contributed by atoms with Crippen LogP contribution in [0.4, 0.5) is 6.01 Å². The van der Waals surface area contributed by atoms with E-state index < -0.39 is 6.04 Å². The van der Waals surface area contributed by atoms with Crippen molar-refractivity contribution in [3.63, 3.8) is 0 Å². The molecule has 0 bridgehead atoms. The normalized spacial score (nSPS) is 12.2. The molecule has 0 radical (unpaired) electrons. The molecule has 0 aliphatic carbocycles. The van der Waals surface area contributed by atoms with Crippen molar-refractivity contribution in [2.75, 3.05) is 18.4 Å². The molecular weight excluding hydrogens is 234 g/mol. The molecule has 3 N–H and O–H groups in total. The number of amides is 1. The molecule has 0 fully saturated rings. The third-order valence-corrected chi connectivity index (χ3v) is 2.28. The molecule has 0 aliphatic rings. The van der Waals surface area contributed by atoms with Gasteiger partial charge in [0.2, 0.25) is 11.8 Å². The van der Waals surface area contributed by atoms with Crippen LogP contribution in [-0.2, 0) is 11.3 Å². The lowest BCUT2D eigenvalue weighted by molar-refractivity contribution is -0.121. The van der Waals surface area contributed by atoms with Gasteiger partial charge in [0.15, 0.2) is 0 Å². The van der Waals surface area contributed by atoms with Gasteiger partial charge in [0, 0.05) is 6.54 Å². The predicted octanol–water partition coefficient (Wildman–Crippen LogP) is 0.506. The van der Waals surface area contributed by atoms with Gasteiger partial charge in [-0.3, -0.25) is 4.79 Å². The minimum atomic E-state index is -0.399. The van der Waals surface area contributed by atoms with Gasteiger partial charge in [-0.1, -0.05) is 18.9 Å². The summed E-state index contributed by atoms with van der Waals surface area (Å²) < 4.78 is 5.34. The molecule has 0 spiro atoms. The molecule has 1 atom stereocenters. The Hall–Kier alpha value is -1.63. The third kappa shape index (κ3) is 4.70. The molecule has 1 unspecified atom stereocenters. The monoisotopic (exact) mass is 255 g/mol. The molecule has 1 aromatic heterocycles. The summed E-state index contributed by atoms with van der Waals surface area (Å²) >= 11 is 0. The molecule has 1 amide bonds. The lowest BCUT2D eigenvalue weighted by Crippen LogP contribution is -2.37. The fourth-order valence-electron chi connectivity index (χ4n) is 1.27. The Morgan fingerprint density at radius 2 is 2.17 bits per heavy atom. The van der Waals surface area contributed by atoms with Gasteiger partial charge in [0.1, 0.15) is 6.04 Å². The van der Waals surface area contributed by atoms with Gasteiger partial charge in [-0.15, -0.1) is 5.10 Å². The molecule has 7 nitrogen and oxygen atoms in total. The highest BCUT2D eigenvalue weighted by Gasteiger charge is 2.15. The highest BCUT2D eigenvalue weighted by molar-refractivity contribution is 5.83. The summed E-state index contributed by atoms with van der Waals surface area (Å²) in [5, 5.41) is 16.4. The van der Waals surface area contributed by atoms with E-state index in [1.165, 1.54) is 0 Å². The maximum Gasteiger partial charge on any atom is 0.316 e. The van der Waals surface area contributed by atoms with Crippen LogP contribution in [0.5, 0.6) is 0 Å². The summed E-state index contributed by atoms with van der Waals surface area (Å²) in [6, 6.07) is -0.133. The van der Waals surface area contributed by atoms with Crippen molar-refractivity contribution in [1.82, 2.24) is 20.8 Å². The fraction of sp³-hybridized carbons (Fsp3) is 0.727. The quantitative estimate of drug-likeness (QED) is 0.626. The Bertz CT molecular complexity index is 366. The van der Waals surface area contributed by atoms with Crippen LogP contribution in [0.2, 0.25) is 0 Å². The molecule has 18 heavy (non-hydrogen) atoms. The number of nitrogens with zero attached hydrogens (tertiary/aromatic N) is 2. The van der Waals surface area contributed by atoms with Crippen molar-refractivity contribution in [2.24, 2.45) is 0 Å². The first-order valence-corrected chi connectivity index (χ1v) is 6.24. The zero-order valence-electron chi connectivity index (χ0n) is 11.1. The summed E-state index contributed by atoms with van der Waals surface area (Å²) in [6.07, 6.45) is 0.909. The van der Waals surface area contributed by atoms with Crippen LogP contribution in [0.3, 0.4) is 0 Å². The second kappa shape index (κ2) is 7.65. The number of carbonyl (C=O) groups excluding carboxylic acids is 1. The number of anilines is 1. The van der Waals surface area contributed by atoms with Crippen LogP contribution >= 0.6 is 0 Å². The molecule has 1 aromatic rings. The SMILES string of the molecule is CCCNC(=O)C(C)Nc1nnc(CNCC)o1. The first-order valence-electron chi connectivity index (χ1n) is 6.24. The predicted molar refractivity (Wildman–Crippen MR) is 68.1 cm³/mol. The second-order valence-electron chi connectivity index (χ2n) is 3.94. The second-order valence-corrected chi connectivity index (χ2v) is 3.94. The van der Waals surface area contributed by atoms with Gasteiger partial charge < -0.3 is 20.4 Å². The van der Waals surface area contributed by atoms with E-state index in [2.05, 4.69) is 26.1 Å². The molecule has 102 valence electrons. The van der Waals surface area contributed by atoms with Gasteiger partial charge >= 0.3 is 6.01 Å². The van der Waals surface area contributed by atoms with E-state index in [-0.39, 0.29) is 11.9 Å². The summed E-state index contributed by atoms with van der Waals surface area (Å²) in [4.78, 5) is 11.6. The van der Waals surface area contributed by atoms with Crippen molar-refractivity contribution in [3.05, 3.63) is 5.89 Å². The van der Waals surface area contributed by atoms with E-state index in [9.17, 15) is 4.79 Å². The van der Waals surface area contributed by atoms with Gasteiger partial charge in [-0.05, 0) is 19.9 Å². The molecule has 0 aromatic carbocycles. The van der Waals surface area contributed by atoms with E-state index in [4.69, 9.17) is 4.42 Å². The van der Waals surface area contributed by atoms with Crippen LogP contribution in [0, 0.1) is 0 Å². The zero-order valence-corrected chi connectivity index (χ0v) is 11.1. The highest BCUT2D eigenvalue weighted by Crippen LogP contribution is 2.06. The lowest BCUT2D eigenvalue weighted by Gasteiger charge is -2.11. The molecule has 0 saturated carbocycles. The van der Waals surface area contributed by atoms with E-state index in [1.807, 2.05) is 13.8 Å². The van der Waals surface area contributed by atoms with Crippen molar-refractivity contribution in [2.45, 2.75) is 39.8 Å². The van der Waals surface area contributed by atoms with Crippen LogP contribution in [-0.4, -0.2) is 35.2 Å². The number of hydrogen-bond acceptors (Lipinski definition) is 6. The van der Waals surface area contributed by atoms with E-state index in [0.717, 1.165) is 13.0 Å². The number of carbonyl (C=O) groups is 1. The Balaban J connectivity index is 2.41. The third-order valence-electron chi connectivity index (χ3n) is 2.28. The minimum absolute atomic E-state index is 0.0803. The van der Waals surface area contributed by atoms with Crippen molar-refractivity contribution in [3.8, 4) is 0 Å². The minimum Gasteiger partial charge on any atom is -0.407 e. The number of nitrogens with one attached hydrogen (secondary N) is 3. The Morgan fingerprint density at radius 3 is 2.83 bits per heavy atom. The first kappa shape index (κ1) is 14.4. The topological polar surface area (TPSA) is 92.1 Å². The molecule has 1 heterocycles. The first-order chi connectivity index (χ1) is 8.67. The van der Waals surface area contributed by atoms with Crippen molar-refractivity contribution >= 4 is 11.9 Å². The standard InChI is InChI=1S/C11H21N5O2/c1-4-6-13-10(17)8(3)14-11-16-15-9(18-11)7-12-5-2/h8,12H,4-7H2,1-3H3,(H,13,17)(H,14,16). The van der Waals surface area contributed by atoms with Crippen molar-refractivity contribution in [1.29, 1.82) is 0 Å². The Labute approximate surface area is 107 Å². The smallest absolute Gasteiger partial charge is 0.316 e. The van der Waals surface area contributed by atoms with Crippen LogP contribution < -0.4 is 16.0 Å². The summed E-state index contributed by atoms with van der Waals surface area (Å²) in [7, 11) is 0. The zero-order chi connectivity index (χ0) is 13.4. The largest absolute Gasteiger partial charge is 0.407 e. The van der Waals surface area contributed by atoms with Gasteiger partial charge in [-0.2, -0.15) is 0 Å². The van der Waals surface area contributed by atoms with E-state index >= 15 is 0 Å². The molecular formula is C11H21N5O2. The Kier molecular flexibility index (Phi) is 6.13. The lowest BCUT2D eigenvalue weighted by atomic mass is 10.3. The number of aromatic nitrogens is 2. The summed E-state index contributed by atoms with van der Waals surface area (Å²) in [5.41, 5.74) is 0. The fourth-order valence-corrected chi connectivity index (χ4v) is 1.27. The van der Waals surface area contributed by atoms with Gasteiger partial charge in [0.25, 0.3) is 0 Å². The maximum absolute atomic E-state index is 11.6. The summed E-state index contributed by atoms with van der Waals surface area (Å²) in [6.45, 7) is 7.78. The molecule has 0 saturated heterocycles. The van der Waals surface area contributed by atoms with E-state index in [1.54, 1.807) is 6.92 Å². The number of hydrogen-bond donors (Lipinski definition) is 3. The van der Waals surface area contributed by atoms with Crippen molar-refractivity contribution < 1.29 is 9.21 Å². The van der Waals surface area contributed by atoms with Crippen LogP contribution in [0.25, 0.3) is 0 Å². The average molecular weight is 255 g/mol. The molecule has 1 rings (SSSR count). The highest BCUT2D eigenvalue weighted by atomic mass is 16.4. The van der Waals surface area contributed by atoms with Gasteiger partial charge in [-0.25, -0.2) is 0 Å². The van der Waals surface area contributed by atoms with Crippen LogP contribution in [0.1, 0.15) is 33.1 Å². The molecule has 7 heteroatoms. The van der Waals surface area contributed by atoms with Gasteiger partial charge in [0.05, 0.1) is 6.54 Å².